The molecule has 3 rings (SSSR count). The number of benzene rings is 2. The number of aromatic nitrogens is 1. The number of rotatable bonds is 3. The first-order valence-electron chi connectivity index (χ1n) is 6.90. The van der Waals surface area contributed by atoms with Gasteiger partial charge in [-0.3, -0.25) is 14.6 Å². The van der Waals surface area contributed by atoms with Crippen molar-refractivity contribution in [1.82, 2.24) is 4.98 Å². The van der Waals surface area contributed by atoms with E-state index in [4.69, 9.17) is 0 Å². The SMILES string of the molecule is CC(=O)c1cccc(NC(=O)c2cccc3ccncc23)c1. The van der Waals surface area contributed by atoms with Crippen molar-refractivity contribution in [3.05, 3.63) is 72.1 Å². The number of Topliss-reactive ketones (excluding diaryl/α,β-unsaturated/α-hetero) is 1. The molecule has 0 aliphatic heterocycles. The second-order valence-electron chi connectivity index (χ2n) is 4.99. The van der Waals surface area contributed by atoms with Crippen molar-refractivity contribution in [2.24, 2.45) is 0 Å². The summed E-state index contributed by atoms with van der Waals surface area (Å²) in [4.78, 5) is 28.0. The minimum atomic E-state index is -0.223. The van der Waals surface area contributed by atoms with Crippen LogP contribution >= 0.6 is 0 Å². The van der Waals surface area contributed by atoms with Crippen LogP contribution in [0.2, 0.25) is 0 Å². The van der Waals surface area contributed by atoms with Crippen molar-refractivity contribution < 1.29 is 9.59 Å². The number of carbonyl (C=O) groups excluding carboxylic acids is 2. The van der Waals surface area contributed by atoms with E-state index in [9.17, 15) is 9.59 Å². The first-order valence-corrected chi connectivity index (χ1v) is 6.90. The Morgan fingerprint density at radius 2 is 1.86 bits per heavy atom. The Labute approximate surface area is 127 Å². The standard InChI is InChI=1S/C18H14N2O2/c1-12(21)14-5-2-6-15(10-14)20-18(22)16-7-3-4-13-8-9-19-11-17(13)16/h2-11H,1H3,(H,20,22). The average molecular weight is 290 g/mol. The van der Waals surface area contributed by atoms with Gasteiger partial charge in [-0.05, 0) is 36.6 Å². The number of hydrogen-bond donors (Lipinski definition) is 1. The number of nitrogens with zero attached hydrogens (tertiary/aromatic N) is 1. The summed E-state index contributed by atoms with van der Waals surface area (Å²) in [5, 5.41) is 4.58. The fraction of sp³-hybridized carbons (Fsp3) is 0.0556. The van der Waals surface area contributed by atoms with Gasteiger partial charge in [-0.1, -0.05) is 24.3 Å². The maximum absolute atomic E-state index is 12.5. The number of fused-ring (bicyclic) bond motifs is 1. The second kappa shape index (κ2) is 5.77. The summed E-state index contributed by atoms with van der Waals surface area (Å²) in [6.45, 7) is 1.50. The highest BCUT2D eigenvalue weighted by Crippen LogP contribution is 2.19. The average Bonchev–Trinajstić information content (AvgIpc) is 2.54. The molecule has 0 aliphatic rings. The number of pyridine rings is 1. The smallest absolute Gasteiger partial charge is 0.256 e. The third-order valence-electron chi connectivity index (χ3n) is 3.46. The van der Waals surface area contributed by atoms with E-state index in [0.717, 1.165) is 10.8 Å². The molecule has 4 heteroatoms. The van der Waals surface area contributed by atoms with Gasteiger partial charge >= 0.3 is 0 Å². The molecule has 0 radical (unpaired) electrons. The van der Waals surface area contributed by atoms with Crippen LogP contribution in [-0.2, 0) is 0 Å². The zero-order valence-electron chi connectivity index (χ0n) is 12.0. The lowest BCUT2D eigenvalue weighted by Gasteiger charge is -2.08. The van der Waals surface area contributed by atoms with E-state index in [2.05, 4.69) is 10.3 Å². The maximum Gasteiger partial charge on any atom is 0.256 e. The van der Waals surface area contributed by atoms with Gasteiger partial charge in [0.2, 0.25) is 0 Å². The normalized spacial score (nSPS) is 10.4. The predicted octanol–water partition coefficient (Wildman–Crippen LogP) is 3.69. The molecule has 0 unspecified atom stereocenters. The van der Waals surface area contributed by atoms with Crippen molar-refractivity contribution in [2.75, 3.05) is 5.32 Å². The van der Waals surface area contributed by atoms with Crippen molar-refractivity contribution in [2.45, 2.75) is 6.92 Å². The number of amides is 1. The first-order chi connectivity index (χ1) is 10.6. The van der Waals surface area contributed by atoms with Crippen LogP contribution in [0.5, 0.6) is 0 Å². The fourth-order valence-electron chi connectivity index (χ4n) is 2.33. The lowest BCUT2D eigenvalue weighted by Crippen LogP contribution is -2.12. The summed E-state index contributed by atoms with van der Waals surface area (Å²) in [6.07, 6.45) is 3.37. The van der Waals surface area contributed by atoms with Crippen molar-refractivity contribution in [1.29, 1.82) is 0 Å². The first kappa shape index (κ1) is 13.9. The van der Waals surface area contributed by atoms with Crippen LogP contribution in [0.1, 0.15) is 27.6 Å². The second-order valence-corrected chi connectivity index (χ2v) is 4.99. The molecule has 3 aromatic rings. The third-order valence-corrected chi connectivity index (χ3v) is 3.46. The van der Waals surface area contributed by atoms with Gasteiger partial charge in [-0.2, -0.15) is 0 Å². The van der Waals surface area contributed by atoms with E-state index < -0.39 is 0 Å². The Balaban J connectivity index is 1.94. The third kappa shape index (κ3) is 2.72. The molecule has 0 saturated heterocycles. The molecule has 1 heterocycles. The van der Waals surface area contributed by atoms with Gasteiger partial charge in [-0.25, -0.2) is 0 Å². The Morgan fingerprint density at radius 1 is 1.05 bits per heavy atom. The highest BCUT2D eigenvalue weighted by Gasteiger charge is 2.11. The Hall–Kier alpha value is -3.01. The van der Waals surface area contributed by atoms with E-state index in [1.165, 1.54) is 6.92 Å². The van der Waals surface area contributed by atoms with Gasteiger partial charge < -0.3 is 5.32 Å². The zero-order chi connectivity index (χ0) is 15.5. The van der Waals surface area contributed by atoms with Crippen LogP contribution < -0.4 is 5.32 Å². The molecular formula is C18H14N2O2. The highest BCUT2D eigenvalue weighted by molar-refractivity contribution is 6.13. The van der Waals surface area contributed by atoms with Crippen molar-refractivity contribution >= 4 is 28.2 Å². The molecule has 4 nitrogen and oxygen atoms in total. The molecule has 1 aromatic heterocycles. The van der Waals surface area contributed by atoms with Gasteiger partial charge in [0.05, 0.1) is 0 Å². The molecule has 1 amide bonds. The monoisotopic (exact) mass is 290 g/mol. The van der Waals surface area contributed by atoms with Crippen LogP contribution in [0.15, 0.2) is 60.9 Å². The largest absolute Gasteiger partial charge is 0.322 e. The van der Waals surface area contributed by atoms with Crippen LogP contribution in [-0.4, -0.2) is 16.7 Å². The van der Waals surface area contributed by atoms with Crippen molar-refractivity contribution in [3.63, 3.8) is 0 Å². The zero-order valence-corrected chi connectivity index (χ0v) is 12.0. The minimum absolute atomic E-state index is 0.0366. The summed E-state index contributed by atoms with van der Waals surface area (Å²) >= 11 is 0. The van der Waals surface area contributed by atoms with E-state index >= 15 is 0 Å². The van der Waals surface area contributed by atoms with Gasteiger partial charge in [0.25, 0.3) is 5.91 Å². The number of hydrogen-bond acceptors (Lipinski definition) is 3. The molecule has 0 fully saturated rings. The molecule has 0 spiro atoms. The summed E-state index contributed by atoms with van der Waals surface area (Å²) in [6, 6.07) is 14.3. The number of anilines is 1. The molecule has 22 heavy (non-hydrogen) atoms. The Morgan fingerprint density at radius 3 is 2.68 bits per heavy atom. The van der Waals surface area contributed by atoms with Crippen LogP contribution in [0.3, 0.4) is 0 Å². The highest BCUT2D eigenvalue weighted by atomic mass is 16.1. The van der Waals surface area contributed by atoms with E-state index in [1.54, 1.807) is 42.7 Å². The molecule has 2 aromatic carbocycles. The van der Waals surface area contributed by atoms with Gasteiger partial charge in [0.1, 0.15) is 0 Å². The summed E-state index contributed by atoms with van der Waals surface area (Å²) in [5.41, 5.74) is 1.72. The molecule has 1 N–H and O–H groups in total. The van der Waals surface area contributed by atoms with E-state index in [1.807, 2.05) is 18.2 Å². The molecule has 108 valence electrons. The quantitative estimate of drug-likeness (QED) is 0.748. The van der Waals surface area contributed by atoms with Crippen LogP contribution in [0.25, 0.3) is 10.8 Å². The van der Waals surface area contributed by atoms with Gasteiger partial charge in [0, 0.05) is 34.6 Å². The number of ketones is 1. The van der Waals surface area contributed by atoms with E-state index in [0.29, 0.717) is 16.8 Å². The number of carbonyl (C=O) groups is 2. The molecule has 0 atom stereocenters. The van der Waals surface area contributed by atoms with Gasteiger partial charge in [-0.15, -0.1) is 0 Å². The molecular weight excluding hydrogens is 276 g/mol. The van der Waals surface area contributed by atoms with Crippen LogP contribution in [0.4, 0.5) is 5.69 Å². The Bertz CT molecular complexity index is 866. The lowest BCUT2D eigenvalue weighted by molar-refractivity contribution is 0.101. The van der Waals surface area contributed by atoms with Crippen molar-refractivity contribution in [3.8, 4) is 0 Å². The molecule has 0 bridgehead atoms. The topological polar surface area (TPSA) is 59.1 Å². The minimum Gasteiger partial charge on any atom is -0.322 e. The maximum atomic E-state index is 12.5. The Kier molecular flexibility index (Phi) is 3.66. The summed E-state index contributed by atoms with van der Waals surface area (Å²) < 4.78 is 0. The molecule has 0 aliphatic carbocycles. The fourth-order valence-corrected chi connectivity index (χ4v) is 2.33. The summed E-state index contributed by atoms with van der Waals surface area (Å²) in [5.74, 6) is -0.259. The van der Waals surface area contributed by atoms with Crippen LogP contribution in [0, 0.1) is 0 Å². The van der Waals surface area contributed by atoms with E-state index in [-0.39, 0.29) is 11.7 Å². The predicted molar refractivity (Wildman–Crippen MR) is 86.1 cm³/mol. The lowest BCUT2D eigenvalue weighted by atomic mass is 10.1. The summed E-state index contributed by atoms with van der Waals surface area (Å²) in [7, 11) is 0. The number of nitrogens with one attached hydrogen (secondary N) is 1. The molecule has 0 saturated carbocycles. The van der Waals surface area contributed by atoms with Gasteiger partial charge in [0.15, 0.2) is 5.78 Å².